The summed E-state index contributed by atoms with van der Waals surface area (Å²) in [6.07, 6.45) is 0.666. The zero-order valence-corrected chi connectivity index (χ0v) is 13.5. The number of hydrogen-bond donors (Lipinski definition) is 0. The molecule has 0 heterocycles. The third-order valence-corrected chi connectivity index (χ3v) is 3.95. The summed E-state index contributed by atoms with van der Waals surface area (Å²) < 4.78 is 5.30. The van der Waals surface area contributed by atoms with Gasteiger partial charge in [0.15, 0.2) is 0 Å². The number of carbonyl (C=O) groups excluding carboxylic acids is 1. The fraction of sp³-hybridized carbons (Fsp3) is 0.235. The van der Waals surface area contributed by atoms with Crippen LogP contribution in [0.4, 0.5) is 0 Å². The van der Waals surface area contributed by atoms with E-state index in [0.29, 0.717) is 22.9 Å². The molecule has 21 heavy (non-hydrogen) atoms. The van der Waals surface area contributed by atoms with E-state index >= 15 is 0 Å². The van der Waals surface area contributed by atoms with E-state index in [0.717, 1.165) is 22.4 Å². The molecule has 4 heteroatoms. The standard InChI is InChI=1S/C17H16Cl2O2/c1-11-3-6-17(21-2)13(7-11)10-14(20)8-12-4-5-15(18)16(19)9-12/h3-7,9H,8,10H2,1-2H3. The van der Waals surface area contributed by atoms with E-state index < -0.39 is 0 Å². The Morgan fingerprint density at radius 1 is 1.05 bits per heavy atom. The van der Waals surface area contributed by atoms with E-state index in [9.17, 15) is 4.79 Å². The molecule has 0 bridgehead atoms. The van der Waals surface area contributed by atoms with Crippen LogP contribution in [-0.4, -0.2) is 12.9 Å². The average Bonchev–Trinajstić information content (AvgIpc) is 2.43. The normalized spacial score (nSPS) is 10.5. The molecule has 2 nitrogen and oxygen atoms in total. The third kappa shape index (κ3) is 4.23. The highest BCUT2D eigenvalue weighted by molar-refractivity contribution is 6.42. The molecule has 2 rings (SSSR count). The number of rotatable bonds is 5. The van der Waals surface area contributed by atoms with Crippen LogP contribution in [0.15, 0.2) is 36.4 Å². The average molecular weight is 323 g/mol. The van der Waals surface area contributed by atoms with Gasteiger partial charge in [0.1, 0.15) is 11.5 Å². The highest BCUT2D eigenvalue weighted by Crippen LogP contribution is 2.24. The molecule has 110 valence electrons. The second kappa shape index (κ2) is 6.97. The number of aryl methyl sites for hydroxylation is 1. The van der Waals surface area contributed by atoms with E-state index in [4.69, 9.17) is 27.9 Å². The van der Waals surface area contributed by atoms with Crippen molar-refractivity contribution in [3.63, 3.8) is 0 Å². The smallest absolute Gasteiger partial charge is 0.141 e. The summed E-state index contributed by atoms with van der Waals surface area (Å²) in [5.41, 5.74) is 2.87. The van der Waals surface area contributed by atoms with E-state index in [1.54, 1.807) is 19.2 Å². The number of benzene rings is 2. The van der Waals surface area contributed by atoms with Crippen LogP contribution in [0.2, 0.25) is 10.0 Å². The summed E-state index contributed by atoms with van der Waals surface area (Å²) in [6, 6.07) is 11.1. The Balaban J connectivity index is 2.11. The van der Waals surface area contributed by atoms with Gasteiger partial charge in [-0.05, 0) is 30.7 Å². The molecule has 0 radical (unpaired) electrons. The van der Waals surface area contributed by atoms with Crippen LogP contribution in [0.1, 0.15) is 16.7 Å². The van der Waals surface area contributed by atoms with Gasteiger partial charge in [-0.25, -0.2) is 0 Å². The maximum absolute atomic E-state index is 12.2. The molecule has 0 saturated carbocycles. The predicted molar refractivity (Wildman–Crippen MR) is 86.6 cm³/mol. The van der Waals surface area contributed by atoms with Gasteiger partial charge in [-0.1, -0.05) is 47.0 Å². The zero-order valence-electron chi connectivity index (χ0n) is 12.0. The molecule has 0 aliphatic heterocycles. The Hall–Kier alpha value is -1.51. The van der Waals surface area contributed by atoms with Crippen molar-refractivity contribution < 1.29 is 9.53 Å². The topological polar surface area (TPSA) is 26.3 Å². The minimum atomic E-state index is 0.109. The summed E-state index contributed by atoms with van der Waals surface area (Å²) in [7, 11) is 1.61. The van der Waals surface area contributed by atoms with Gasteiger partial charge in [0.05, 0.1) is 17.2 Å². The van der Waals surface area contributed by atoms with Crippen LogP contribution in [0.3, 0.4) is 0 Å². The number of methoxy groups -OCH3 is 1. The number of ketones is 1. The van der Waals surface area contributed by atoms with E-state index in [1.165, 1.54) is 0 Å². The maximum Gasteiger partial charge on any atom is 0.141 e. The fourth-order valence-electron chi connectivity index (χ4n) is 2.20. The second-order valence-corrected chi connectivity index (χ2v) is 5.77. The summed E-state index contributed by atoms with van der Waals surface area (Å²) >= 11 is 11.8. The van der Waals surface area contributed by atoms with Gasteiger partial charge in [0.25, 0.3) is 0 Å². The molecule has 0 fully saturated rings. The van der Waals surface area contributed by atoms with Crippen molar-refractivity contribution in [2.24, 2.45) is 0 Å². The number of hydrogen-bond acceptors (Lipinski definition) is 2. The van der Waals surface area contributed by atoms with Crippen LogP contribution >= 0.6 is 23.2 Å². The summed E-state index contributed by atoms with van der Waals surface area (Å²) in [4.78, 5) is 12.2. The Morgan fingerprint density at radius 2 is 1.81 bits per heavy atom. The van der Waals surface area contributed by atoms with Crippen LogP contribution in [0.5, 0.6) is 5.75 Å². The molecule has 0 N–H and O–H groups in total. The van der Waals surface area contributed by atoms with Gasteiger partial charge in [0, 0.05) is 18.4 Å². The number of ether oxygens (including phenoxy) is 1. The monoisotopic (exact) mass is 322 g/mol. The Bertz CT molecular complexity index is 666. The molecular weight excluding hydrogens is 307 g/mol. The molecular formula is C17H16Cl2O2. The van der Waals surface area contributed by atoms with Crippen molar-refractivity contribution in [1.29, 1.82) is 0 Å². The molecule has 0 aromatic heterocycles. The van der Waals surface area contributed by atoms with Crippen molar-refractivity contribution in [2.45, 2.75) is 19.8 Å². The van der Waals surface area contributed by atoms with Crippen LogP contribution in [-0.2, 0) is 17.6 Å². The van der Waals surface area contributed by atoms with E-state index in [2.05, 4.69) is 0 Å². The van der Waals surface area contributed by atoms with Gasteiger partial charge < -0.3 is 4.74 Å². The van der Waals surface area contributed by atoms with Gasteiger partial charge in [-0.2, -0.15) is 0 Å². The highest BCUT2D eigenvalue weighted by atomic mass is 35.5. The van der Waals surface area contributed by atoms with Crippen molar-refractivity contribution in [2.75, 3.05) is 7.11 Å². The molecule has 2 aromatic carbocycles. The van der Waals surface area contributed by atoms with E-state index in [-0.39, 0.29) is 5.78 Å². The summed E-state index contributed by atoms with van der Waals surface area (Å²) in [6.45, 7) is 1.99. The molecule has 2 aromatic rings. The van der Waals surface area contributed by atoms with E-state index in [1.807, 2.05) is 31.2 Å². The van der Waals surface area contributed by atoms with Crippen LogP contribution in [0, 0.1) is 6.92 Å². The highest BCUT2D eigenvalue weighted by Gasteiger charge is 2.11. The quantitative estimate of drug-likeness (QED) is 0.799. The zero-order chi connectivity index (χ0) is 15.4. The van der Waals surface area contributed by atoms with Crippen LogP contribution in [0.25, 0.3) is 0 Å². The minimum Gasteiger partial charge on any atom is -0.496 e. The van der Waals surface area contributed by atoms with Crippen LogP contribution < -0.4 is 4.74 Å². The summed E-state index contributed by atoms with van der Waals surface area (Å²) in [5, 5.41) is 0.961. The van der Waals surface area contributed by atoms with Gasteiger partial charge >= 0.3 is 0 Å². The Kier molecular flexibility index (Phi) is 5.27. The van der Waals surface area contributed by atoms with Gasteiger partial charge in [-0.15, -0.1) is 0 Å². The van der Waals surface area contributed by atoms with Crippen molar-refractivity contribution in [3.8, 4) is 5.75 Å². The minimum absolute atomic E-state index is 0.109. The molecule has 0 atom stereocenters. The number of carbonyl (C=O) groups is 1. The molecule has 0 amide bonds. The Labute approximate surface area is 134 Å². The largest absolute Gasteiger partial charge is 0.496 e. The van der Waals surface area contributed by atoms with Crippen molar-refractivity contribution in [1.82, 2.24) is 0 Å². The lowest BCUT2D eigenvalue weighted by atomic mass is 10.0. The SMILES string of the molecule is COc1ccc(C)cc1CC(=O)Cc1ccc(Cl)c(Cl)c1. The maximum atomic E-state index is 12.2. The van der Waals surface area contributed by atoms with Gasteiger partial charge in [0.2, 0.25) is 0 Å². The first-order valence-corrected chi connectivity index (χ1v) is 7.34. The lowest BCUT2D eigenvalue weighted by Crippen LogP contribution is -2.08. The molecule has 0 aliphatic carbocycles. The van der Waals surface area contributed by atoms with Crippen molar-refractivity contribution >= 4 is 29.0 Å². The first-order chi connectivity index (χ1) is 9.99. The first kappa shape index (κ1) is 15.9. The number of halogens is 2. The summed E-state index contributed by atoms with van der Waals surface area (Å²) in [5.74, 6) is 0.848. The van der Waals surface area contributed by atoms with Gasteiger partial charge in [-0.3, -0.25) is 4.79 Å². The Morgan fingerprint density at radius 3 is 2.48 bits per heavy atom. The third-order valence-electron chi connectivity index (χ3n) is 3.21. The number of Topliss-reactive ketones (excluding diaryl/α,β-unsaturated/α-hetero) is 1. The lowest BCUT2D eigenvalue weighted by molar-refractivity contribution is -0.117. The molecule has 0 saturated heterocycles. The van der Waals surface area contributed by atoms with Crippen molar-refractivity contribution in [3.05, 3.63) is 63.1 Å². The molecule has 0 unspecified atom stereocenters. The molecule has 0 spiro atoms. The lowest BCUT2D eigenvalue weighted by Gasteiger charge is -2.09. The predicted octanol–water partition coefficient (Wildman–Crippen LogP) is 4.66. The first-order valence-electron chi connectivity index (χ1n) is 6.58. The second-order valence-electron chi connectivity index (χ2n) is 4.96. The fourth-order valence-corrected chi connectivity index (χ4v) is 2.52. The molecule has 0 aliphatic rings.